The molecule has 0 radical (unpaired) electrons. The minimum Gasteiger partial charge on any atom is -0.448 e. The number of aryl methyl sites for hydroxylation is 1. The van der Waals surface area contributed by atoms with Crippen molar-refractivity contribution in [3.8, 4) is 0 Å². The second-order valence-corrected chi connectivity index (χ2v) is 10.4. The molecule has 1 amide bonds. The van der Waals surface area contributed by atoms with E-state index in [1.54, 1.807) is 0 Å². The normalized spacial score (nSPS) is 15.0. The first-order valence-corrected chi connectivity index (χ1v) is 14.1. The highest BCUT2D eigenvalue weighted by molar-refractivity contribution is 5.91. The lowest BCUT2D eigenvalue weighted by atomic mass is 9.73. The maximum absolute atomic E-state index is 13.8. The molecule has 8 nitrogen and oxygen atoms in total. The summed E-state index contributed by atoms with van der Waals surface area (Å²) < 4.78 is 21.8. The Bertz CT molecular complexity index is 1390. The number of para-hydroxylation sites is 2. The molecule has 0 aliphatic heterocycles. The number of hydrogen-bond acceptors (Lipinski definition) is 6. The summed E-state index contributed by atoms with van der Waals surface area (Å²) in [6.07, 6.45) is 11.6. The van der Waals surface area contributed by atoms with Gasteiger partial charge in [-0.2, -0.15) is 0 Å². The summed E-state index contributed by atoms with van der Waals surface area (Å²) in [5.41, 5.74) is 2.65. The van der Waals surface area contributed by atoms with Crippen molar-refractivity contribution in [2.24, 2.45) is 0 Å². The van der Waals surface area contributed by atoms with Crippen LogP contribution in [0.5, 0.6) is 0 Å². The highest BCUT2D eigenvalue weighted by atomic mass is 19.1. The van der Waals surface area contributed by atoms with Gasteiger partial charge in [-0.25, -0.2) is 14.4 Å². The van der Waals surface area contributed by atoms with Crippen LogP contribution in [0.4, 0.5) is 4.39 Å². The molecule has 206 valence electrons. The summed E-state index contributed by atoms with van der Waals surface area (Å²) in [5.74, 6) is 0.824. The molecule has 1 aliphatic rings. The van der Waals surface area contributed by atoms with Crippen LogP contribution in [0, 0.1) is 5.82 Å². The predicted molar refractivity (Wildman–Crippen MR) is 148 cm³/mol. The largest absolute Gasteiger partial charge is 0.448 e. The van der Waals surface area contributed by atoms with E-state index in [1.165, 1.54) is 55.2 Å². The Kier molecular flexibility index (Phi) is 8.66. The van der Waals surface area contributed by atoms with Gasteiger partial charge in [0, 0.05) is 37.7 Å². The summed E-state index contributed by atoms with van der Waals surface area (Å²) in [5, 5.41) is 6.30. The first kappa shape index (κ1) is 27.0. The molecule has 0 atom stereocenters. The number of hydrogen-bond donors (Lipinski definition) is 2. The van der Waals surface area contributed by atoms with E-state index in [4.69, 9.17) is 9.40 Å². The number of benzene rings is 1. The standard InChI is InChI=1S/C30H37FN6O2/c1-2-3-18-37-26-12-6-5-11-23(26)36-29(37)30(14-7-4-8-15-30)21-32-17-13-27-35-25(20-39-27)28(38)34-19-24-22(31)10-9-16-33-24/h5-6,9-12,16,20,32H,2-4,7-8,13-15,17-19,21H2,1H3,(H,34,38). The van der Waals surface area contributed by atoms with Crippen molar-refractivity contribution < 1.29 is 13.6 Å². The van der Waals surface area contributed by atoms with Crippen LogP contribution in [-0.4, -0.2) is 38.5 Å². The van der Waals surface area contributed by atoms with E-state index in [9.17, 15) is 9.18 Å². The van der Waals surface area contributed by atoms with E-state index in [1.807, 2.05) is 0 Å². The van der Waals surface area contributed by atoms with Crippen molar-refractivity contribution >= 4 is 16.9 Å². The van der Waals surface area contributed by atoms with Crippen LogP contribution in [0.2, 0.25) is 0 Å². The van der Waals surface area contributed by atoms with Gasteiger partial charge in [0.15, 0.2) is 11.6 Å². The van der Waals surface area contributed by atoms with E-state index >= 15 is 0 Å². The molecule has 0 spiro atoms. The highest BCUT2D eigenvalue weighted by Gasteiger charge is 2.38. The summed E-state index contributed by atoms with van der Waals surface area (Å²) in [6, 6.07) is 11.3. The Morgan fingerprint density at radius 2 is 1.97 bits per heavy atom. The van der Waals surface area contributed by atoms with Crippen LogP contribution in [0.1, 0.15) is 79.8 Å². The minimum absolute atomic E-state index is 0.00655. The van der Waals surface area contributed by atoms with E-state index in [0.717, 1.165) is 44.3 Å². The van der Waals surface area contributed by atoms with Crippen molar-refractivity contribution in [3.05, 3.63) is 77.8 Å². The van der Waals surface area contributed by atoms with Crippen LogP contribution in [0.25, 0.3) is 11.0 Å². The van der Waals surface area contributed by atoms with Gasteiger partial charge in [0.1, 0.15) is 17.9 Å². The van der Waals surface area contributed by atoms with Crippen molar-refractivity contribution in [3.63, 3.8) is 0 Å². The molecular formula is C30H37FN6O2. The number of rotatable bonds is 12. The fourth-order valence-corrected chi connectivity index (χ4v) is 5.59. The molecule has 0 bridgehead atoms. The molecule has 1 aromatic carbocycles. The van der Waals surface area contributed by atoms with Crippen molar-refractivity contribution in [2.45, 2.75) is 76.8 Å². The van der Waals surface area contributed by atoms with Crippen LogP contribution >= 0.6 is 0 Å². The number of oxazole rings is 1. The Morgan fingerprint density at radius 1 is 1.13 bits per heavy atom. The lowest BCUT2D eigenvalue weighted by molar-refractivity contribution is 0.0945. The molecule has 0 unspecified atom stereocenters. The monoisotopic (exact) mass is 532 g/mol. The smallest absolute Gasteiger partial charge is 0.273 e. The number of carbonyl (C=O) groups excluding carboxylic acids is 1. The summed E-state index contributed by atoms with van der Waals surface area (Å²) in [4.78, 5) is 25.9. The van der Waals surface area contributed by atoms with Crippen LogP contribution in [-0.2, 0) is 24.9 Å². The van der Waals surface area contributed by atoms with Gasteiger partial charge in [0.2, 0.25) is 0 Å². The molecule has 3 aromatic heterocycles. The van der Waals surface area contributed by atoms with E-state index in [0.29, 0.717) is 18.9 Å². The number of nitrogens with one attached hydrogen (secondary N) is 2. The number of imidazole rings is 1. The third kappa shape index (κ3) is 6.19. The predicted octanol–water partition coefficient (Wildman–Crippen LogP) is 5.32. The van der Waals surface area contributed by atoms with Crippen molar-refractivity contribution in [1.82, 2.24) is 30.2 Å². The molecule has 2 N–H and O–H groups in total. The van der Waals surface area contributed by atoms with E-state index in [-0.39, 0.29) is 23.3 Å². The Morgan fingerprint density at radius 3 is 2.79 bits per heavy atom. The molecular weight excluding hydrogens is 495 g/mol. The van der Waals surface area contributed by atoms with Gasteiger partial charge in [-0.1, -0.05) is 44.7 Å². The molecule has 1 fully saturated rings. The average Bonchev–Trinajstić information content (AvgIpc) is 3.59. The minimum atomic E-state index is -0.457. The highest BCUT2D eigenvalue weighted by Crippen LogP contribution is 2.40. The van der Waals surface area contributed by atoms with Crippen LogP contribution in [0.3, 0.4) is 0 Å². The van der Waals surface area contributed by atoms with E-state index < -0.39 is 11.7 Å². The maximum atomic E-state index is 13.8. The molecule has 39 heavy (non-hydrogen) atoms. The SMILES string of the molecule is CCCCn1c(C2(CNCCc3nc(C(=O)NCc4ncccc4F)co3)CCCCC2)nc2ccccc21. The lowest BCUT2D eigenvalue weighted by Crippen LogP contribution is -2.42. The summed E-state index contributed by atoms with van der Waals surface area (Å²) in [7, 11) is 0. The zero-order valence-electron chi connectivity index (χ0n) is 22.6. The first-order valence-electron chi connectivity index (χ1n) is 14.1. The topological polar surface area (TPSA) is 97.9 Å². The van der Waals surface area contributed by atoms with Gasteiger partial charge in [-0.05, 0) is 43.5 Å². The fourth-order valence-electron chi connectivity index (χ4n) is 5.59. The van der Waals surface area contributed by atoms with Crippen molar-refractivity contribution in [1.29, 1.82) is 0 Å². The average molecular weight is 533 g/mol. The zero-order chi connectivity index (χ0) is 27.1. The number of fused-ring (bicyclic) bond motifs is 1. The Hall–Kier alpha value is -3.59. The summed E-state index contributed by atoms with van der Waals surface area (Å²) in [6.45, 7) is 4.72. The molecule has 3 heterocycles. The molecule has 1 saturated carbocycles. The third-order valence-electron chi connectivity index (χ3n) is 7.69. The van der Waals surface area contributed by atoms with Crippen molar-refractivity contribution in [2.75, 3.05) is 13.1 Å². The first-order chi connectivity index (χ1) is 19.1. The lowest BCUT2D eigenvalue weighted by Gasteiger charge is -2.37. The number of aromatic nitrogens is 4. The maximum Gasteiger partial charge on any atom is 0.273 e. The number of unbranched alkanes of at least 4 members (excludes halogenated alkanes) is 1. The van der Waals surface area contributed by atoms with Gasteiger partial charge in [0.25, 0.3) is 5.91 Å². The van der Waals surface area contributed by atoms with Crippen LogP contribution < -0.4 is 10.6 Å². The number of halogens is 1. The van der Waals surface area contributed by atoms with Gasteiger partial charge in [-0.3, -0.25) is 9.78 Å². The Labute approximate surface area is 228 Å². The molecule has 1 aliphatic carbocycles. The number of nitrogens with zero attached hydrogens (tertiary/aromatic N) is 4. The van der Waals surface area contributed by atoms with Crippen LogP contribution in [0.15, 0.2) is 53.3 Å². The quantitative estimate of drug-likeness (QED) is 0.240. The van der Waals surface area contributed by atoms with Gasteiger partial charge in [-0.15, -0.1) is 0 Å². The summed E-state index contributed by atoms with van der Waals surface area (Å²) >= 11 is 0. The molecule has 9 heteroatoms. The van der Waals surface area contributed by atoms with Gasteiger partial charge in [0.05, 0.1) is 23.3 Å². The zero-order valence-corrected chi connectivity index (χ0v) is 22.6. The number of amides is 1. The molecule has 0 saturated heterocycles. The second kappa shape index (κ2) is 12.5. The Balaban J connectivity index is 1.21. The third-order valence-corrected chi connectivity index (χ3v) is 7.69. The number of pyridine rings is 1. The van der Waals surface area contributed by atoms with E-state index in [2.05, 4.69) is 56.4 Å². The van der Waals surface area contributed by atoms with Gasteiger partial charge >= 0.3 is 0 Å². The fraction of sp³-hybridized carbons (Fsp3) is 0.467. The molecule has 4 aromatic rings. The number of carbonyl (C=O) groups is 1. The second-order valence-electron chi connectivity index (χ2n) is 10.4. The molecule has 5 rings (SSSR count). The van der Waals surface area contributed by atoms with Gasteiger partial charge < -0.3 is 19.6 Å².